The van der Waals surface area contributed by atoms with Gasteiger partial charge in [0, 0.05) is 32.5 Å². The normalized spacial score (nSPS) is 19.1. The molecule has 0 atom stereocenters. The lowest BCUT2D eigenvalue weighted by atomic mass is 9.78. The Kier molecular flexibility index (Phi) is 5.76. The highest BCUT2D eigenvalue weighted by Crippen LogP contribution is 2.37. The standard InChI is InChI=1S/C17H22N4O2S.ClH/c22-15(21-9-6-17(7-10-21)5-8-18-12-17)4-3-14-19-16(20-23-14)13-2-1-11-24-13;/h1-2,11,18H,3-10,12H2;1H. The molecule has 8 heteroatoms. The molecule has 2 saturated heterocycles. The molecule has 0 radical (unpaired) electrons. The van der Waals surface area contributed by atoms with Crippen LogP contribution in [-0.4, -0.2) is 47.1 Å². The van der Waals surface area contributed by atoms with E-state index in [1.807, 2.05) is 22.4 Å². The van der Waals surface area contributed by atoms with E-state index < -0.39 is 0 Å². The van der Waals surface area contributed by atoms with Crippen LogP contribution in [-0.2, 0) is 11.2 Å². The lowest BCUT2D eigenvalue weighted by Gasteiger charge is -2.38. The van der Waals surface area contributed by atoms with Crippen LogP contribution in [0.3, 0.4) is 0 Å². The number of hydrogen-bond acceptors (Lipinski definition) is 6. The van der Waals surface area contributed by atoms with Gasteiger partial charge in [0.1, 0.15) is 0 Å². The number of piperidine rings is 1. The van der Waals surface area contributed by atoms with Crippen molar-refractivity contribution in [3.05, 3.63) is 23.4 Å². The zero-order chi connectivity index (χ0) is 16.4. The summed E-state index contributed by atoms with van der Waals surface area (Å²) < 4.78 is 5.27. The quantitative estimate of drug-likeness (QED) is 0.880. The summed E-state index contributed by atoms with van der Waals surface area (Å²) in [6.45, 7) is 4.00. The number of carbonyl (C=O) groups is 1. The Morgan fingerprint density at radius 3 is 2.88 bits per heavy atom. The van der Waals surface area contributed by atoms with E-state index in [1.165, 1.54) is 6.42 Å². The second-order valence-electron chi connectivity index (χ2n) is 6.80. The Hall–Kier alpha value is -1.44. The van der Waals surface area contributed by atoms with Crippen LogP contribution in [0.15, 0.2) is 22.0 Å². The van der Waals surface area contributed by atoms with Gasteiger partial charge in [-0.3, -0.25) is 4.79 Å². The average Bonchev–Trinajstić information content (AvgIpc) is 3.35. The topological polar surface area (TPSA) is 71.3 Å². The maximum absolute atomic E-state index is 12.4. The number of aromatic nitrogens is 2. The number of likely N-dealkylation sites (tertiary alicyclic amines) is 1. The van der Waals surface area contributed by atoms with E-state index in [0.717, 1.165) is 43.9 Å². The van der Waals surface area contributed by atoms with E-state index in [1.54, 1.807) is 11.3 Å². The summed E-state index contributed by atoms with van der Waals surface area (Å²) in [5.74, 6) is 1.35. The first-order chi connectivity index (χ1) is 11.7. The van der Waals surface area contributed by atoms with Crippen molar-refractivity contribution in [3.63, 3.8) is 0 Å². The van der Waals surface area contributed by atoms with E-state index in [9.17, 15) is 4.79 Å². The van der Waals surface area contributed by atoms with Crippen molar-refractivity contribution in [2.45, 2.75) is 32.1 Å². The molecule has 136 valence electrons. The second-order valence-corrected chi connectivity index (χ2v) is 7.74. The van der Waals surface area contributed by atoms with E-state index in [2.05, 4.69) is 15.5 Å². The Bertz CT molecular complexity index is 687. The van der Waals surface area contributed by atoms with Crippen molar-refractivity contribution >= 4 is 29.7 Å². The fraction of sp³-hybridized carbons (Fsp3) is 0.588. The summed E-state index contributed by atoms with van der Waals surface area (Å²) in [7, 11) is 0. The van der Waals surface area contributed by atoms with Crippen LogP contribution >= 0.6 is 23.7 Å². The van der Waals surface area contributed by atoms with Gasteiger partial charge in [-0.2, -0.15) is 4.98 Å². The van der Waals surface area contributed by atoms with Crippen molar-refractivity contribution in [2.75, 3.05) is 26.2 Å². The molecule has 0 saturated carbocycles. The predicted molar refractivity (Wildman–Crippen MR) is 98.9 cm³/mol. The van der Waals surface area contributed by atoms with Crippen LogP contribution in [0.5, 0.6) is 0 Å². The molecule has 0 unspecified atom stereocenters. The molecule has 6 nitrogen and oxygen atoms in total. The van der Waals surface area contributed by atoms with Gasteiger partial charge in [-0.15, -0.1) is 23.7 Å². The highest BCUT2D eigenvalue weighted by Gasteiger charge is 2.37. The minimum atomic E-state index is 0. The smallest absolute Gasteiger partial charge is 0.227 e. The van der Waals surface area contributed by atoms with Gasteiger partial charge >= 0.3 is 0 Å². The summed E-state index contributed by atoms with van der Waals surface area (Å²) >= 11 is 1.58. The second kappa shape index (κ2) is 7.85. The van der Waals surface area contributed by atoms with E-state index in [-0.39, 0.29) is 18.3 Å². The Balaban J connectivity index is 0.00000182. The van der Waals surface area contributed by atoms with Gasteiger partial charge in [0.05, 0.1) is 4.88 Å². The molecule has 4 heterocycles. The molecule has 1 amide bonds. The number of aryl methyl sites for hydroxylation is 1. The molecule has 2 fully saturated rings. The van der Waals surface area contributed by atoms with Gasteiger partial charge in [0.25, 0.3) is 0 Å². The van der Waals surface area contributed by atoms with Crippen LogP contribution in [0.2, 0.25) is 0 Å². The lowest BCUT2D eigenvalue weighted by Crippen LogP contribution is -2.44. The van der Waals surface area contributed by atoms with E-state index >= 15 is 0 Å². The number of thiophene rings is 1. The maximum atomic E-state index is 12.4. The highest BCUT2D eigenvalue weighted by atomic mass is 35.5. The highest BCUT2D eigenvalue weighted by molar-refractivity contribution is 7.13. The fourth-order valence-corrected chi connectivity index (χ4v) is 4.34. The minimum absolute atomic E-state index is 0. The van der Waals surface area contributed by atoms with Gasteiger partial charge in [0.2, 0.25) is 17.6 Å². The van der Waals surface area contributed by atoms with Crippen LogP contribution < -0.4 is 5.32 Å². The average molecular weight is 383 g/mol. The maximum Gasteiger partial charge on any atom is 0.227 e. The molecule has 2 aromatic rings. The molecule has 2 aromatic heterocycles. The molecule has 0 aliphatic carbocycles. The largest absolute Gasteiger partial charge is 0.343 e. The summed E-state index contributed by atoms with van der Waals surface area (Å²) in [5.41, 5.74) is 0.443. The minimum Gasteiger partial charge on any atom is -0.343 e. The number of halogens is 1. The Morgan fingerprint density at radius 1 is 1.36 bits per heavy atom. The van der Waals surface area contributed by atoms with Crippen LogP contribution in [0, 0.1) is 5.41 Å². The molecule has 1 N–H and O–H groups in total. The summed E-state index contributed by atoms with van der Waals surface area (Å²) in [6, 6.07) is 3.93. The van der Waals surface area contributed by atoms with Crippen molar-refractivity contribution in [1.29, 1.82) is 0 Å². The third-order valence-electron chi connectivity index (χ3n) is 5.27. The third kappa shape index (κ3) is 4.04. The molecule has 2 aliphatic rings. The first kappa shape index (κ1) is 18.4. The molecule has 4 rings (SSSR count). The molecule has 0 bridgehead atoms. The van der Waals surface area contributed by atoms with E-state index in [4.69, 9.17) is 4.52 Å². The Labute approximate surface area is 157 Å². The van der Waals surface area contributed by atoms with Crippen molar-refractivity contribution < 1.29 is 9.32 Å². The summed E-state index contributed by atoms with van der Waals surface area (Å²) in [6.07, 6.45) is 4.45. The zero-order valence-electron chi connectivity index (χ0n) is 14.1. The van der Waals surface area contributed by atoms with Gasteiger partial charge in [-0.05, 0) is 42.7 Å². The fourth-order valence-electron chi connectivity index (χ4n) is 3.69. The first-order valence-corrected chi connectivity index (χ1v) is 9.47. The molecular formula is C17H23ClN4O2S. The summed E-state index contributed by atoms with van der Waals surface area (Å²) in [5, 5.41) is 9.43. The zero-order valence-corrected chi connectivity index (χ0v) is 15.7. The van der Waals surface area contributed by atoms with Gasteiger partial charge in [-0.1, -0.05) is 11.2 Å². The van der Waals surface area contributed by atoms with Crippen LogP contribution in [0.25, 0.3) is 10.7 Å². The van der Waals surface area contributed by atoms with Gasteiger partial charge < -0.3 is 14.7 Å². The number of hydrogen-bond donors (Lipinski definition) is 1. The SMILES string of the molecule is Cl.O=C(CCc1nc(-c2cccs2)no1)N1CCC2(CCNC2)CC1. The first-order valence-electron chi connectivity index (χ1n) is 8.59. The third-order valence-corrected chi connectivity index (χ3v) is 6.14. The van der Waals surface area contributed by atoms with Crippen molar-refractivity contribution in [3.8, 4) is 10.7 Å². The predicted octanol–water partition coefficient (Wildman–Crippen LogP) is 2.75. The molecule has 1 spiro atoms. The lowest BCUT2D eigenvalue weighted by molar-refractivity contribution is -0.133. The molecule has 25 heavy (non-hydrogen) atoms. The van der Waals surface area contributed by atoms with Crippen LogP contribution in [0.1, 0.15) is 31.6 Å². The summed E-state index contributed by atoms with van der Waals surface area (Å²) in [4.78, 5) is 19.8. The van der Waals surface area contributed by atoms with E-state index in [0.29, 0.717) is 30.0 Å². The number of nitrogens with one attached hydrogen (secondary N) is 1. The number of nitrogens with zero attached hydrogens (tertiary/aromatic N) is 3. The Morgan fingerprint density at radius 2 is 2.20 bits per heavy atom. The molecular weight excluding hydrogens is 360 g/mol. The monoisotopic (exact) mass is 382 g/mol. The molecule has 0 aromatic carbocycles. The number of amides is 1. The van der Waals surface area contributed by atoms with Crippen molar-refractivity contribution in [1.82, 2.24) is 20.4 Å². The van der Waals surface area contributed by atoms with Gasteiger partial charge in [0.15, 0.2) is 0 Å². The number of carbonyl (C=O) groups excluding carboxylic acids is 1. The van der Waals surface area contributed by atoms with Crippen molar-refractivity contribution in [2.24, 2.45) is 5.41 Å². The van der Waals surface area contributed by atoms with Gasteiger partial charge in [-0.25, -0.2) is 0 Å². The number of rotatable bonds is 4. The van der Waals surface area contributed by atoms with Crippen LogP contribution in [0.4, 0.5) is 0 Å². The molecule has 2 aliphatic heterocycles.